The number of nitrogens with zero attached hydrogens (tertiary/aromatic N) is 6. The Labute approximate surface area is 633 Å². The van der Waals surface area contributed by atoms with Crippen molar-refractivity contribution in [3.63, 3.8) is 0 Å². The largest absolute Gasteiger partial charge is 0.527 e. The molecule has 0 saturated heterocycles. The maximum Gasteiger partial charge on any atom is 0.527 e. The minimum Gasteiger partial charge on any atom is -0.226 e. The van der Waals surface area contributed by atoms with Crippen LogP contribution in [0.1, 0.15) is 108 Å². The van der Waals surface area contributed by atoms with Gasteiger partial charge in [0.2, 0.25) is 0 Å². The van der Waals surface area contributed by atoms with Crippen LogP contribution in [0.2, 0.25) is 0 Å². The van der Waals surface area contributed by atoms with E-state index in [1.165, 1.54) is 33.4 Å². The van der Waals surface area contributed by atoms with E-state index in [0.717, 1.165) is 139 Å². The zero-order valence-electron chi connectivity index (χ0n) is 61.2. The molecule has 0 aliphatic heterocycles. The molecule has 0 bridgehead atoms. The summed E-state index contributed by atoms with van der Waals surface area (Å²) >= 11 is 0. The number of aryl methyl sites for hydroxylation is 6. The van der Waals surface area contributed by atoms with Gasteiger partial charge >= 0.3 is 5.82 Å². The maximum atomic E-state index is 11.6. The molecular weight excluding hydrogens is 1310 g/mol. The molecule has 3 aliphatic carbocycles. The number of nitriles is 3. The molecule has 13 aromatic carbocycles. The molecule has 0 unspecified atom stereocenters. The Hall–Kier alpha value is -14.0. The minimum absolute atomic E-state index is 0.136. The van der Waals surface area contributed by atoms with Gasteiger partial charge in [0.25, 0.3) is 5.70 Å². The van der Waals surface area contributed by atoms with Crippen LogP contribution >= 0.6 is 0 Å². The van der Waals surface area contributed by atoms with Gasteiger partial charge in [-0.2, -0.15) is 20.2 Å². The molecule has 108 heavy (non-hydrogen) atoms. The van der Waals surface area contributed by atoms with E-state index in [2.05, 4.69) is 329 Å². The third kappa shape index (κ3) is 11.9. The van der Waals surface area contributed by atoms with Crippen molar-refractivity contribution in [1.29, 1.82) is 15.8 Å². The highest BCUT2D eigenvalue weighted by Gasteiger charge is 2.46. The van der Waals surface area contributed by atoms with Crippen molar-refractivity contribution in [1.82, 2.24) is 0 Å². The summed E-state index contributed by atoms with van der Waals surface area (Å²) in [6, 6.07) is 98.3. The van der Waals surface area contributed by atoms with Crippen LogP contribution in [0.25, 0.3) is 165 Å². The summed E-state index contributed by atoms with van der Waals surface area (Å²) in [5, 5.41) is 34.9. The predicted octanol–water partition coefficient (Wildman–Crippen LogP) is 26.6. The fourth-order valence-electron chi connectivity index (χ4n) is 16.3. The number of rotatable bonds is 15. The van der Waals surface area contributed by atoms with Crippen molar-refractivity contribution in [2.45, 2.75) is 80.1 Å². The van der Waals surface area contributed by atoms with E-state index in [0.29, 0.717) is 83.5 Å². The lowest BCUT2D eigenvalue weighted by Gasteiger charge is -2.18. The molecule has 3 aliphatic rings. The quantitative estimate of drug-likeness (QED) is 0.0757. The second kappa shape index (κ2) is 28.6. The monoisotopic (exact) mass is 1380 g/mol. The summed E-state index contributed by atoms with van der Waals surface area (Å²) in [5.74, 6) is -0.172. The number of fused-ring (bicyclic) bond motifs is 12. The summed E-state index contributed by atoms with van der Waals surface area (Å²) in [6.07, 6.45) is 5.45. The van der Waals surface area contributed by atoms with E-state index in [1.54, 1.807) is 0 Å². The molecule has 0 saturated carbocycles. The maximum absolute atomic E-state index is 11.6. The molecule has 0 spiro atoms. The highest BCUT2D eigenvalue weighted by Crippen LogP contribution is 2.66. The van der Waals surface area contributed by atoms with Crippen molar-refractivity contribution in [3.8, 4) is 152 Å². The van der Waals surface area contributed by atoms with Crippen LogP contribution in [0.3, 0.4) is 0 Å². The van der Waals surface area contributed by atoms with Crippen molar-refractivity contribution < 1.29 is 0 Å². The van der Waals surface area contributed by atoms with Gasteiger partial charge in [0.15, 0.2) is 0 Å². The van der Waals surface area contributed by atoms with E-state index in [4.69, 9.17) is 19.7 Å². The molecule has 6 heteroatoms. The summed E-state index contributed by atoms with van der Waals surface area (Å²) < 4.78 is 0. The average molecular weight is 1380 g/mol. The van der Waals surface area contributed by atoms with Crippen molar-refractivity contribution >= 4 is 16.7 Å². The van der Waals surface area contributed by atoms with Crippen molar-refractivity contribution in [2.24, 2.45) is 0 Å². The number of benzene rings is 13. The van der Waals surface area contributed by atoms with Gasteiger partial charge < -0.3 is 0 Å². The van der Waals surface area contributed by atoms with Gasteiger partial charge in [-0.05, 0) is 306 Å². The Bertz CT molecular complexity index is 5410. The first-order valence-electron chi connectivity index (χ1n) is 37.2. The highest BCUT2D eigenvalue weighted by atomic mass is 14.9. The molecule has 0 N–H and O–H groups in total. The molecule has 0 fully saturated rings. The van der Waals surface area contributed by atoms with Crippen LogP contribution in [0.5, 0.6) is 0 Å². The van der Waals surface area contributed by atoms with E-state index in [-0.39, 0.29) is 17.1 Å². The normalized spacial score (nSPS) is 12.2. The average Bonchev–Trinajstić information content (AvgIpc) is 1.50. The van der Waals surface area contributed by atoms with Crippen molar-refractivity contribution in [2.75, 3.05) is 0 Å². The van der Waals surface area contributed by atoms with E-state index in [9.17, 15) is 15.8 Å². The second-order valence-corrected chi connectivity index (χ2v) is 28.1. The molecule has 0 heterocycles. The first kappa shape index (κ1) is 68.4. The van der Waals surface area contributed by atoms with Crippen LogP contribution in [0.15, 0.2) is 272 Å². The summed E-state index contributed by atoms with van der Waals surface area (Å²) in [7, 11) is 0. The molecular formula is C102H72N6. The van der Waals surface area contributed by atoms with Crippen LogP contribution in [0.4, 0.5) is 0 Å². The van der Waals surface area contributed by atoms with E-state index < -0.39 is 0 Å². The fraction of sp³-hybridized carbons (Fsp3) is 0.118. The first-order chi connectivity index (χ1) is 52.9. The van der Waals surface area contributed by atoms with Gasteiger partial charge in [-0.25, -0.2) is 10.1 Å². The van der Waals surface area contributed by atoms with Crippen LogP contribution < -0.4 is 0 Å². The molecule has 16 rings (SSSR count). The Morgan fingerprint density at radius 1 is 0.231 bits per heavy atom. The van der Waals surface area contributed by atoms with Gasteiger partial charge in [-0.3, -0.25) is 0 Å². The lowest BCUT2D eigenvalue weighted by atomic mass is 9.83. The second-order valence-electron chi connectivity index (χ2n) is 28.1. The molecule has 6 nitrogen and oxygen atoms in total. The SMILES string of the molecule is [C-]#[N+]C([N+]#[C-])=C1c2cc(-c3cc(-c4ccc(CC)cc4)cc(-c4ccc(CC)cc4)c3)ccc2-c2c3c(c4c(c21)-c1ccc(-c2cc(-c5ccc(CC)cc5)cc(-c5ccc(CC)cc5)c2)cc1/C4=C(/C#N)[N+]#[C-])-c1ccc(-c2cc(-c4ccc(CC)cc4)cc(-c4ccc(CC)cc4)c2)cc1C3=C(C#N)C#N. The lowest BCUT2D eigenvalue weighted by Crippen LogP contribution is -1.99. The zero-order valence-corrected chi connectivity index (χ0v) is 61.2. The van der Waals surface area contributed by atoms with Crippen molar-refractivity contribution in [3.05, 3.63) is 373 Å². The van der Waals surface area contributed by atoms with Gasteiger partial charge in [-0.15, -0.1) is 0 Å². The highest BCUT2D eigenvalue weighted by molar-refractivity contribution is 6.25. The Morgan fingerprint density at radius 3 is 0.685 bits per heavy atom. The summed E-state index contributed by atoms with van der Waals surface area (Å²) in [4.78, 5) is 12.3. The third-order valence-corrected chi connectivity index (χ3v) is 22.3. The first-order valence-corrected chi connectivity index (χ1v) is 37.2. The Balaban J connectivity index is 0.983. The standard InChI is InChI=1S/C102H72N6/c1-10-61-16-28-67(29-17-61)76-46-77(68-30-18-62(11-2)19-31-68)50-82(49-76)73-40-43-86-89(55-73)93(85(58-103)59-104)99-95(86)100-94(92(60-105)106-7)90-56-74(83-51-78(69-32-20-63(12-3)21-33-69)47-79(52-83)70-34-22-64(13-4)23-35-70)41-44-87(90)97(100)101-96(99)88-45-42-75(57-91(88)98(101)102(107-8)108-9)84-53-80(71-36-24-65(14-5)25-37-71)48-81(54-84)72-38-26-66(15-6)27-39-72/h16-57H,10-15H2,1-6H3/b94-92+. The third-order valence-electron chi connectivity index (χ3n) is 22.3. The zero-order chi connectivity index (χ0) is 74.4. The smallest absolute Gasteiger partial charge is 0.226 e. The van der Waals surface area contributed by atoms with Crippen LogP contribution in [-0.4, -0.2) is 0 Å². The van der Waals surface area contributed by atoms with Gasteiger partial charge in [0.1, 0.15) is 30.9 Å². The summed E-state index contributed by atoms with van der Waals surface area (Å²) in [6.45, 7) is 40.0. The van der Waals surface area contributed by atoms with Gasteiger partial charge in [0.05, 0.1) is 18.2 Å². The number of allylic oxidation sites excluding steroid dienone is 2. The van der Waals surface area contributed by atoms with E-state index >= 15 is 0 Å². The Kier molecular flexibility index (Phi) is 18.1. The van der Waals surface area contributed by atoms with Gasteiger partial charge in [-0.1, -0.05) is 224 Å². The summed E-state index contributed by atoms with van der Waals surface area (Å²) in [5.41, 5.74) is 33.7. The molecule has 0 atom stereocenters. The molecule has 13 aromatic rings. The predicted molar refractivity (Wildman–Crippen MR) is 443 cm³/mol. The van der Waals surface area contributed by atoms with Gasteiger partial charge in [0, 0.05) is 16.7 Å². The number of hydrogen-bond acceptors (Lipinski definition) is 3. The van der Waals surface area contributed by atoms with E-state index in [1.807, 2.05) is 0 Å². The molecule has 510 valence electrons. The lowest BCUT2D eigenvalue weighted by molar-refractivity contribution is 1.14. The topological polar surface area (TPSA) is 84.4 Å². The molecule has 0 amide bonds. The Morgan fingerprint density at radius 2 is 0.454 bits per heavy atom. The number of hydrogen-bond donors (Lipinski definition) is 0. The minimum atomic E-state index is -0.172. The van der Waals surface area contributed by atoms with Crippen LogP contribution in [0, 0.1) is 53.7 Å². The van der Waals surface area contributed by atoms with Crippen LogP contribution in [-0.2, 0) is 38.5 Å². The molecule has 0 radical (unpaired) electrons. The molecule has 0 aromatic heterocycles. The fourth-order valence-corrected chi connectivity index (χ4v) is 16.3.